The molecule has 0 aromatic heterocycles. The second-order valence-electron chi connectivity index (χ2n) is 12.3. The summed E-state index contributed by atoms with van der Waals surface area (Å²) in [7, 11) is 0. The van der Waals surface area contributed by atoms with Gasteiger partial charge in [0, 0.05) is 18.7 Å². The van der Waals surface area contributed by atoms with Gasteiger partial charge in [-0.05, 0) is 66.4 Å². The van der Waals surface area contributed by atoms with Crippen LogP contribution in [0, 0.1) is 0 Å². The van der Waals surface area contributed by atoms with Gasteiger partial charge in [-0.2, -0.15) is 12.6 Å². The van der Waals surface area contributed by atoms with Crippen LogP contribution >= 0.6 is 24.4 Å². The van der Waals surface area contributed by atoms with Crippen molar-refractivity contribution in [2.24, 2.45) is 0 Å². The molecule has 1 aromatic carbocycles. The van der Waals surface area contributed by atoms with Gasteiger partial charge in [-0.15, -0.1) is 11.8 Å². The zero-order valence-electron chi connectivity index (χ0n) is 25.2. The quantitative estimate of drug-likeness (QED) is 0.204. The molecule has 2 rings (SSSR count). The van der Waals surface area contributed by atoms with Crippen molar-refractivity contribution in [2.75, 3.05) is 18.2 Å². The van der Waals surface area contributed by atoms with Crippen molar-refractivity contribution in [3.05, 3.63) is 35.9 Å². The summed E-state index contributed by atoms with van der Waals surface area (Å²) >= 11 is 6.29. The predicted octanol–water partition coefficient (Wildman–Crippen LogP) is 5.37. The van der Waals surface area contributed by atoms with Crippen LogP contribution in [0.25, 0.3) is 0 Å². The molecule has 1 unspecified atom stereocenters. The number of thioether (sulfide) groups is 1. The highest BCUT2D eigenvalue weighted by Crippen LogP contribution is 2.19. The molecule has 11 heteroatoms. The van der Waals surface area contributed by atoms with Gasteiger partial charge in [0.15, 0.2) is 0 Å². The molecular formula is C30H47N3O6S2. The fraction of sp³-hybridized carbons (Fsp3) is 0.667. The molecule has 41 heavy (non-hydrogen) atoms. The first-order valence-corrected chi connectivity index (χ1v) is 15.9. The minimum Gasteiger partial charge on any atom is -0.444 e. The number of ketones is 1. The van der Waals surface area contributed by atoms with Gasteiger partial charge in [0.25, 0.3) is 0 Å². The fourth-order valence-electron chi connectivity index (χ4n) is 4.28. The summed E-state index contributed by atoms with van der Waals surface area (Å²) in [6.45, 7) is 11.3. The number of carbonyl (C=O) groups is 4. The number of benzene rings is 1. The molecule has 3 amide bonds. The Bertz CT molecular complexity index is 1000. The molecule has 1 aliphatic heterocycles. The molecule has 2 N–H and O–H groups in total. The van der Waals surface area contributed by atoms with Crippen molar-refractivity contribution >= 4 is 48.3 Å². The maximum absolute atomic E-state index is 13.1. The summed E-state index contributed by atoms with van der Waals surface area (Å²) in [5, 5.41) is 4.88. The fourth-order valence-corrected chi connectivity index (χ4v) is 5.55. The molecule has 230 valence electrons. The van der Waals surface area contributed by atoms with E-state index in [9.17, 15) is 19.2 Å². The van der Waals surface area contributed by atoms with Crippen LogP contribution in [0.15, 0.2) is 30.3 Å². The van der Waals surface area contributed by atoms with Crippen molar-refractivity contribution in [2.45, 2.75) is 109 Å². The number of alkyl carbamates (subject to hydrolysis) is 2. The molecule has 1 aromatic rings. The average molecular weight is 610 g/mol. The van der Waals surface area contributed by atoms with E-state index in [0.29, 0.717) is 44.5 Å². The van der Waals surface area contributed by atoms with Crippen LogP contribution in [0.5, 0.6) is 0 Å². The van der Waals surface area contributed by atoms with E-state index in [1.165, 1.54) is 0 Å². The highest BCUT2D eigenvalue weighted by Gasteiger charge is 2.30. The summed E-state index contributed by atoms with van der Waals surface area (Å²) in [6.07, 6.45) is 1.94. The number of nitrogens with zero attached hydrogens (tertiary/aromatic N) is 1. The molecule has 0 spiro atoms. The number of thiol groups is 1. The maximum atomic E-state index is 13.1. The van der Waals surface area contributed by atoms with E-state index in [0.717, 1.165) is 11.3 Å². The van der Waals surface area contributed by atoms with Crippen molar-refractivity contribution in [3.63, 3.8) is 0 Å². The van der Waals surface area contributed by atoms with Crippen molar-refractivity contribution in [1.82, 2.24) is 15.5 Å². The molecule has 3 atom stereocenters. The first kappa shape index (κ1) is 34.8. The molecule has 0 aliphatic carbocycles. The van der Waals surface area contributed by atoms with E-state index in [4.69, 9.17) is 9.47 Å². The number of hydrogen-bond donors (Lipinski definition) is 3. The number of nitrogens with one attached hydrogen (secondary N) is 2. The minimum absolute atomic E-state index is 0.0704. The Morgan fingerprint density at radius 2 is 1.54 bits per heavy atom. The van der Waals surface area contributed by atoms with E-state index in [-0.39, 0.29) is 18.1 Å². The normalized spacial score (nSPS) is 15.9. The van der Waals surface area contributed by atoms with Crippen molar-refractivity contribution in [3.8, 4) is 0 Å². The molecular weight excluding hydrogens is 562 g/mol. The monoisotopic (exact) mass is 609 g/mol. The SMILES string of the molecule is CC(C)(C)OC(=O)N[C@@H](CCCCCC(=O)C(S)[C@@H](Cc1ccccc1)NC(=O)OC(C)(C)C)C(=O)N1CCSC1. The lowest BCUT2D eigenvalue weighted by molar-refractivity contribution is -0.132. The minimum atomic E-state index is -0.710. The van der Waals surface area contributed by atoms with Gasteiger partial charge in [-0.3, -0.25) is 9.59 Å². The molecule has 1 aliphatic rings. The zero-order chi connectivity index (χ0) is 30.6. The van der Waals surface area contributed by atoms with E-state index >= 15 is 0 Å². The molecule has 1 heterocycles. The van der Waals surface area contributed by atoms with Gasteiger partial charge in [0.05, 0.1) is 17.2 Å². The first-order chi connectivity index (χ1) is 19.1. The highest BCUT2D eigenvalue weighted by atomic mass is 32.2. The maximum Gasteiger partial charge on any atom is 0.408 e. The number of unbranched alkanes of at least 4 members (excludes halogenated alkanes) is 2. The van der Waals surface area contributed by atoms with Crippen LogP contribution in [0.1, 0.15) is 79.2 Å². The van der Waals surface area contributed by atoms with E-state index < -0.39 is 40.7 Å². The second-order valence-corrected chi connectivity index (χ2v) is 13.9. The number of carbonyl (C=O) groups excluding carboxylic acids is 4. The van der Waals surface area contributed by atoms with Crippen LogP contribution in [0.2, 0.25) is 0 Å². The number of Topliss-reactive ketones (excluding diaryl/α,β-unsaturated/α-hetero) is 1. The van der Waals surface area contributed by atoms with Gasteiger partial charge in [0.2, 0.25) is 5.91 Å². The van der Waals surface area contributed by atoms with Crippen LogP contribution in [-0.4, -0.2) is 75.5 Å². The molecule has 9 nitrogen and oxygen atoms in total. The van der Waals surface area contributed by atoms with Crippen molar-refractivity contribution < 1.29 is 28.7 Å². The van der Waals surface area contributed by atoms with Gasteiger partial charge >= 0.3 is 12.2 Å². The number of ether oxygens (including phenoxy) is 2. The largest absolute Gasteiger partial charge is 0.444 e. The Labute approximate surface area is 254 Å². The van der Waals surface area contributed by atoms with Crippen LogP contribution in [0.3, 0.4) is 0 Å². The summed E-state index contributed by atoms with van der Waals surface area (Å²) in [6, 6.07) is 8.40. The van der Waals surface area contributed by atoms with Crippen LogP contribution in [0.4, 0.5) is 9.59 Å². The molecule has 0 bridgehead atoms. The van der Waals surface area contributed by atoms with Gasteiger partial charge in [-0.1, -0.05) is 43.2 Å². The lowest BCUT2D eigenvalue weighted by Gasteiger charge is -2.27. The Morgan fingerprint density at radius 1 is 0.927 bits per heavy atom. The smallest absolute Gasteiger partial charge is 0.408 e. The number of hydrogen-bond acceptors (Lipinski definition) is 8. The third-order valence-corrected chi connectivity index (χ3v) is 7.79. The topological polar surface area (TPSA) is 114 Å². The number of amides is 3. The summed E-state index contributed by atoms with van der Waals surface area (Å²) in [5.41, 5.74) is -0.352. The lowest BCUT2D eigenvalue weighted by Crippen LogP contribution is -2.49. The van der Waals surface area contributed by atoms with E-state index in [2.05, 4.69) is 23.3 Å². The van der Waals surface area contributed by atoms with Crippen molar-refractivity contribution in [1.29, 1.82) is 0 Å². The van der Waals surface area contributed by atoms with E-state index in [1.54, 1.807) is 58.2 Å². The van der Waals surface area contributed by atoms with E-state index in [1.807, 2.05) is 30.3 Å². The first-order valence-electron chi connectivity index (χ1n) is 14.2. The highest BCUT2D eigenvalue weighted by molar-refractivity contribution is 7.99. The Hall–Kier alpha value is -2.40. The summed E-state index contributed by atoms with van der Waals surface area (Å²) in [4.78, 5) is 52.8. The predicted molar refractivity (Wildman–Crippen MR) is 166 cm³/mol. The average Bonchev–Trinajstić information content (AvgIpc) is 3.40. The molecule has 1 saturated heterocycles. The molecule has 0 radical (unpaired) electrons. The molecule has 1 fully saturated rings. The summed E-state index contributed by atoms with van der Waals surface area (Å²) < 4.78 is 10.8. The number of rotatable bonds is 13. The van der Waals surface area contributed by atoms with Gasteiger partial charge < -0.3 is 25.0 Å². The second kappa shape index (κ2) is 16.3. The molecule has 0 saturated carbocycles. The van der Waals surface area contributed by atoms with Gasteiger partial charge in [0.1, 0.15) is 23.0 Å². The Kier molecular flexibility index (Phi) is 13.8. The van der Waals surface area contributed by atoms with Gasteiger partial charge in [-0.25, -0.2) is 9.59 Å². The Balaban J connectivity index is 1.91. The van der Waals surface area contributed by atoms with Crippen LogP contribution in [-0.2, 0) is 25.5 Å². The standard InChI is InChI=1S/C30H47N3O6S2/c1-29(2,3)38-27(36)31-22(26(35)33-17-18-41-20-33)15-11-8-12-16-24(34)25(40)23(19-21-13-9-7-10-14-21)32-28(37)39-30(4,5)6/h7,9-10,13-14,22-23,25,40H,8,11-12,15-20H2,1-6H3,(H,31,36)(H,32,37)/t22-,23+,25?/m0/s1. The lowest BCUT2D eigenvalue weighted by atomic mass is 9.97. The summed E-state index contributed by atoms with van der Waals surface area (Å²) in [5.74, 6) is 1.32. The third kappa shape index (κ3) is 13.9. The Morgan fingerprint density at radius 3 is 2.10 bits per heavy atom. The van der Waals surface area contributed by atoms with Crippen LogP contribution < -0.4 is 10.6 Å². The third-order valence-electron chi connectivity index (χ3n) is 6.18. The zero-order valence-corrected chi connectivity index (χ0v) is 26.9.